The molecule has 82 valence electrons. The van der Waals surface area contributed by atoms with Gasteiger partial charge in [0.05, 0.1) is 5.69 Å². The van der Waals surface area contributed by atoms with Gasteiger partial charge in [-0.05, 0) is 30.3 Å². The van der Waals surface area contributed by atoms with Crippen LogP contribution in [-0.2, 0) is 5.75 Å². The second kappa shape index (κ2) is 5.23. The van der Waals surface area contributed by atoms with Crippen LogP contribution in [0, 0.1) is 0 Å². The lowest BCUT2D eigenvalue weighted by molar-refractivity contribution is 1.18. The van der Waals surface area contributed by atoms with Crippen molar-refractivity contribution in [2.75, 3.05) is 5.73 Å². The zero-order valence-electron chi connectivity index (χ0n) is 8.56. The number of thioether (sulfide) groups is 1. The number of anilines is 1. The van der Waals surface area contributed by atoms with Crippen molar-refractivity contribution >= 4 is 29.2 Å². The van der Waals surface area contributed by atoms with E-state index in [0.29, 0.717) is 5.82 Å². The Morgan fingerprint density at radius 1 is 1.19 bits per heavy atom. The fourth-order valence-corrected chi connectivity index (χ4v) is 2.41. The van der Waals surface area contributed by atoms with Crippen LogP contribution in [0.5, 0.6) is 0 Å². The van der Waals surface area contributed by atoms with Gasteiger partial charge in [0, 0.05) is 15.7 Å². The third kappa shape index (κ3) is 3.15. The summed E-state index contributed by atoms with van der Waals surface area (Å²) in [6.45, 7) is 0. The number of halogens is 1. The SMILES string of the molecule is Nc1cccc(CSc2cccc(Cl)c2)n1. The van der Waals surface area contributed by atoms with Gasteiger partial charge in [-0.3, -0.25) is 0 Å². The number of hydrogen-bond donors (Lipinski definition) is 1. The van der Waals surface area contributed by atoms with E-state index in [1.165, 1.54) is 0 Å². The molecule has 0 aliphatic carbocycles. The Hall–Kier alpha value is -1.19. The summed E-state index contributed by atoms with van der Waals surface area (Å²) in [4.78, 5) is 5.37. The molecule has 0 unspecified atom stereocenters. The molecular weight excluding hydrogens is 240 g/mol. The average Bonchev–Trinajstić information content (AvgIpc) is 2.27. The van der Waals surface area contributed by atoms with E-state index >= 15 is 0 Å². The number of pyridine rings is 1. The summed E-state index contributed by atoms with van der Waals surface area (Å²) in [6.07, 6.45) is 0. The van der Waals surface area contributed by atoms with Crippen molar-refractivity contribution in [1.82, 2.24) is 4.98 Å². The minimum absolute atomic E-state index is 0.559. The van der Waals surface area contributed by atoms with Crippen LogP contribution in [0.4, 0.5) is 5.82 Å². The first-order valence-corrected chi connectivity index (χ1v) is 6.20. The van der Waals surface area contributed by atoms with Crippen LogP contribution < -0.4 is 5.73 Å². The van der Waals surface area contributed by atoms with E-state index in [-0.39, 0.29) is 0 Å². The number of hydrogen-bond acceptors (Lipinski definition) is 3. The summed E-state index contributed by atoms with van der Waals surface area (Å²) >= 11 is 7.60. The van der Waals surface area contributed by atoms with Crippen LogP contribution in [0.25, 0.3) is 0 Å². The predicted molar refractivity (Wildman–Crippen MR) is 69.7 cm³/mol. The van der Waals surface area contributed by atoms with Gasteiger partial charge in [0.1, 0.15) is 5.82 Å². The summed E-state index contributed by atoms with van der Waals surface area (Å²) in [5, 5.41) is 0.755. The summed E-state index contributed by atoms with van der Waals surface area (Å²) in [5.74, 6) is 1.36. The standard InChI is InChI=1S/C12H11ClN2S/c13-9-3-1-5-11(7-9)16-8-10-4-2-6-12(14)15-10/h1-7H,8H2,(H2,14,15). The molecule has 0 radical (unpaired) electrons. The van der Waals surface area contributed by atoms with Crippen LogP contribution >= 0.6 is 23.4 Å². The monoisotopic (exact) mass is 250 g/mol. The molecule has 16 heavy (non-hydrogen) atoms. The predicted octanol–water partition coefficient (Wildman–Crippen LogP) is 3.61. The highest BCUT2D eigenvalue weighted by atomic mass is 35.5. The smallest absolute Gasteiger partial charge is 0.123 e. The topological polar surface area (TPSA) is 38.9 Å². The Morgan fingerprint density at radius 3 is 2.75 bits per heavy atom. The zero-order chi connectivity index (χ0) is 11.4. The molecule has 0 atom stereocenters. The van der Waals surface area contributed by atoms with E-state index in [4.69, 9.17) is 17.3 Å². The first-order valence-electron chi connectivity index (χ1n) is 4.84. The third-order valence-corrected chi connectivity index (χ3v) is 3.27. The van der Waals surface area contributed by atoms with E-state index in [2.05, 4.69) is 4.98 Å². The van der Waals surface area contributed by atoms with Gasteiger partial charge in [0.2, 0.25) is 0 Å². The van der Waals surface area contributed by atoms with Gasteiger partial charge >= 0.3 is 0 Å². The van der Waals surface area contributed by atoms with Crippen molar-refractivity contribution in [3.63, 3.8) is 0 Å². The van der Waals surface area contributed by atoms with Crippen LogP contribution in [0.3, 0.4) is 0 Å². The van der Waals surface area contributed by atoms with Crippen LogP contribution in [-0.4, -0.2) is 4.98 Å². The van der Waals surface area contributed by atoms with Gasteiger partial charge in [-0.1, -0.05) is 23.7 Å². The normalized spacial score (nSPS) is 10.3. The molecule has 1 heterocycles. The molecule has 4 heteroatoms. The van der Waals surface area contributed by atoms with Crippen molar-refractivity contribution in [3.8, 4) is 0 Å². The Bertz CT molecular complexity index is 442. The quantitative estimate of drug-likeness (QED) is 0.846. The van der Waals surface area contributed by atoms with Gasteiger partial charge in [0.25, 0.3) is 0 Å². The molecule has 0 bridgehead atoms. The first-order chi connectivity index (χ1) is 7.74. The maximum atomic E-state index is 5.90. The molecule has 2 rings (SSSR count). The highest BCUT2D eigenvalue weighted by Gasteiger charge is 1.98. The largest absolute Gasteiger partial charge is 0.384 e. The van der Waals surface area contributed by atoms with Gasteiger partial charge in [0.15, 0.2) is 0 Å². The summed E-state index contributed by atoms with van der Waals surface area (Å²) in [7, 11) is 0. The molecular formula is C12H11ClN2S. The fraction of sp³-hybridized carbons (Fsp3) is 0.0833. The van der Waals surface area contributed by atoms with Gasteiger partial charge in [-0.15, -0.1) is 11.8 Å². The molecule has 0 saturated heterocycles. The summed E-state index contributed by atoms with van der Waals surface area (Å²) in [5.41, 5.74) is 6.59. The van der Waals surface area contributed by atoms with E-state index in [1.807, 2.05) is 36.4 Å². The molecule has 2 nitrogen and oxygen atoms in total. The molecule has 2 aromatic rings. The molecule has 0 saturated carbocycles. The number of rotatable bonds is 3. The highest BCUT2D eigenvalue weighted by Crippen LogP contribution is 2.24. The maximum Gasteiger partial charge on any atom is 0.123 e. The summed E-state index contributed by atoms with van der Waals surface area (Å²) < 4.78 is 0. The number of nitrogens with zero attached hydrogens (tertiary/aromatic N) is 1. The Morgan fingerprint density at radius 2 is 2.00 bits per heavy atom. The molecule has 1 aromatic carbocycles. The van der Waals surface area contributed by atoms with Crippen molar-refractivity contribution in [2.24, 2.45) is 0 Å². The average molecular weight is 251 g/mol. The lowest BCUT2D eigenvalue weighted by Crippen LogP contribution is -1.93. The lowest BCUT2D eigenvalue weighted by Gasteiger charge is -2.02. The summed E-state index contributed by atoms with van der Waals surface area (Å²) in [6, 6.07) is 13.4. The van der Waals surface area contributed by atoms with Crippen molar-refractivity contribution < 1.29 is 0 Å². The van der Waals surface area contributed by atoms with Crippen molar-refractivity contribution in [2.45, 2.75) is 10.6 Å². The van der Waals surface area contributed by atoms with E-state index in [1.54, 1.807) is 17.8 Å². The second-order valence-corrected chi connectivity index (χ2v) is 4.79. The van der Waals surface area contributed by atoms with Gasteiger partial charge in [-0.25, -0.2) is 4.98 Å². The Labute approximate surface area is 104 Å². The maximum absolute atomic E-state index is 5.90. The Balaban J connectivity index is 2.02. The van der Waals surface area contributed by atoms with E-state index in [9.17, 15) is 0 Å². The van der Waals surface area contributed by atoms with Crippen molar-refractivity contribution in [3.05, 3.63) is 53.2 Å². The molecule has 0 aliphatic rings. The van der Waals surface area contributed by atoms with Crippen LogP contribution in [0.2, 0.25) is 5.02 Å². The zero-order valence-corrected chi connectivity index (χ0v) is 10.1. The molecule has 0 fully saturated rings. The second-order valence-electron chi connectivity index (χ2n) is 3.30. The van der Waals surface area contributed by atoms with Gasteiger partial charge < -0.3 is 5.73 Å². The molecule has 0 amide bonds. The first kappa shape index (κ1) is 11.3. The molecule has 1 aromatic heterocycles. The number of nitrogen functional groups attached to an aromatic ring is 1. The third-order valence-electron chi connectivity index (χ3n) is 2.01. The molecule has 0 aliphatic heterocycles. The number of aromatic nitrogens is 1. The van der Waals surface area contributed by atoms with Crippen molar-refractivity contribution in [1.29, 1.82) is 0 Å². The molecule has 2 N–H and O–H groups in total. The van der Waals surface area contributed by atoms with Crippen LogP contribution in [0.15, 0.2) is 47.4 Å². The minimum atomic E-state index is 0.559. The van der Waals surface area contributed by atoms with E-state index in [0.717, 1.165) is 21.4 Å². The molecule has 0 spiro atoms. The lowest BCUT2D eigenvalue weighted by atomic mass is 10.4. The number of nitrogens with two attached hydrogens (primary N) is 1. The highest BCUT2D eigenvalue weighted by molar-refractivity contribution is 7.98. The fourth-order valence-electron chi connectivity index (χ4n) is 1.29. The van der Waals surface area contributed by atoms with Crippen LogP contribution in [0.1, 0.15) is 5.69 Å². The Kier molecular flexibility index (Phi) is 3.70. The number of benzene rings is 1. The van der Waals surface area contributed by atoms with Gasteiger partial charge in [-0.2, -0.15) is 0 Å². The minimum Gasteiger partial charge on any atom is -0.384 e. The van der Waals surface area contributed by atoms with E-state index < -0.39 is 0 Å².